The van der Waals surface area contributed by atoms with E-state index in [2.05, 4.69) is 15.5 Å². The molecule has 100 valence electrons. The van der Waals surface area contributed by atoms with Crippen LogP contribution in [0.4, 0.5) is 0 Å². The zero-order valence-corrected chi connectivity index (χ0v) is 12.0. The molecular weight excluding hydrogens is 280 g/mol. The third-order valence-electron chi connectivity index (χ3n) is 3.32. The first kappa shape index (κ1) is 12.9. The lowest BCUT2D eigenvalue weighted by Crippen LogP contribution is -2.22. The number of hydrogen-bond acceptors (Lipinski definition) is 4. The van der Waals surface area contributed by atoms with Crippen LogP contribution < -0.4 is 0 Å². The van der Waals surface area contributed by atoms with Crippen molar-refractivity contribution in [3.05, 3.63) is 30.3 Å². The van der Waals surface area contributed by atoms with Crippen LogP contribution in [0.2, 0.25) is 0 Å². The van der Waals surface area contributed by atoms with Crippen LogP contribution in [0.1, 0.15) is 25.7 Å². The standard InChI is InChI=1S/C13H15ClN4S/c14-11-8-4-5-9-12(11)19-13-15-16-17-18(13)10-6-2-1-3-7-10/h1-3,6-7,11-12H,4-5,8-9H2/t11-,12+/m0/s1. The highest BCUT2D eigenvalue weighted by Crippen LogP contribution is 2.35. The van der Waals surface area contributed by atoms with E-state index in [4.69, 9.17) is 11.6 Å². The van der Waals surface area contributed by atoms with Gasteiger partial charge in [0.25, 0.3) is 0 Å². The highest BCUT2D eigenvalue weighted by Gasteiger charge is 2.26. The second-order valence-corrected chi connectivity index (χ2v) is 6.43. The number of halogens is 1. The van der Waals surface area contributed by atoms with Crippen molar-refractivity contribution in [3.8, 4) is 5.69 Å². The summed E-state index contributed by atoms with van der Waals surface area (Å²) in [6.07, 6.45) is 4.70. The number of nitrogens with zero attached hydrogens (tertiary/aromatic N) is 4. The average molecular weight is 295 g/mol. The molecule has 19 heavy (non-hydrogen) atoms. The molecule has 0 N–H and O–H groups in total. The van der Waals surface area contributed by atoms with E-state index in [1.54, 1.807) is 16.4 Å². The Bertz CT molecular complexity index is 530. The molecule has 0 bridgehead atoms. The second-order valence-electron chi connectivity index (χ2n) is 4.67. The number of rotatable bonds is 3. The number of benzene rings is 1. The quantitative estimate of drug-likeness (QED) is 0.815. The monoisotopic (exact) mass is 294 g/mol. The number of para-hydroxylation sites is 1. The zero-order valence-electron chi connectivity index (χ0n) is 10.4. The van der Waals surface area contributed by atoms with Crippen molar-refractivity contribution in [1.82, 2.24) is 20.2 Å². The Balaban J connectivity index is 1.81. The predicted octanol–water partition coefficient (Wildman–Crippen LogP) is 3.30. The van der Waals surface area contributed by atoms with E-state index in [9.17, 15) is 0 Å². The first-order chi connectivity index (χ1) is 9.34. The fraction of sp³-hybridized carbons (Fsp3) is 0.462. The van der Waals surface area contributed by atoms with Gasteiger partial charge >= 0.3 is 0 Å². The Labute approximate surface area is 121 Å². The third kappa shape index (κ3) is 2.92. The van der Waals surface area contributed by atoms with Crippen LogP contribution in [0, 0.1) is 0 Å². The summed E-state index contributed by atoms with van der Waals surface area (Å²) in [6, 6.07) is 9.95. The zero-order chi connectivity index (χ0) is 13.1. The Hall–Kier alpha value is -1.07. The molecule has 0 unspecified atom stereocenters. The normalized spacial score (nSPS) is 23.4. The second kappa shape index (κ2) is 5.92. The molecule has 6 heteroatoms. The molecule has 0 spiro atoms. The van der Waals surface area contributed by atoms with Crippen molar-refractivity contribution < 1.29 is 0 Å². The number of aromatic nitrogens is 4. The van der Waals surface area contributed by atoms with E-state index >= 15 is 0 Å². The van der Waals surface area contributed by atoms with E-state index in [-0.39, 0.29) is 5.38 Å². The van der Waals surface area contributed by atoms with Crippen molar-refractivity contribution in [2.45, 2.75) is 41.5 Å². The molecule has 4 nitrogen and oxygen atoms in total. The number of hydrogen-bond donors (Lipinski definition) is 0. The van der Waals surface area contributed by atoms with E-state index in [1.807, 2.05) is 30.3 Å². The molecule has 0 aliphatic heterocycles. The molecule has 2 atom stereocenters. The topological polar surface area (TPSA) is 43.6 Å². The summed E-state index contributed by atoms with van der Waals surface area (Å²) in [5.41, 5.74) is 0.983. The maximum atomic E-state index is 6.40. The van der Waals surface area contributed by atoms with Crippen LogP contribution >= 0.6 is 23.4 Å². The van der Waals surface area contributed by atoms with Gasteiger partial charge in [-0.1, -0.05) is 42.8 Å². The van der Waals surface area contributed by atoms with Gasteiger partial charge in [0.15, 0.2) is 0 Å². The van der Waals surface area contributed by atoms with Crippen LogP contribution in [-0.4, -0.2) is 30.8 Å². The summed E-state index contributed by atoms with van der Waals surface area (Å²) in [7, 11) is 0. The highest BCUT2D eigenvalue weighted by atomic mass is 35.5. The lowest BCUT2D eigenvalue weighted by Gasteiger charge is -2.25. The Morgan fingerprint density at radius 2 is 1.95 bits per heavy atom. The van der Waals surface area contributed by atoms with Gasteiger partial charge in [0, 0.05) is 10.6 Å². The molecule has 2 aromatic rings. The van der Waals surface area contributed by atoms with Gasteiger partial charge < -0.3 is 0 Å². The lowest BCUT2D eigenvalue weighted by atomic mass is 10.00. The van der Waals surface area contributed by atoms with E-state index in [0.717, 1.165) is 23.7 Å². The lowest BCUT2D eigenvalue weighted by molar-refractivity contribution is 0.521. The first-order valence-electron chi connectivity index (χ1n) is 6.49. The molecule has 0 amide bonds. The minimum absolute atomic E-state index is 0.222. The van der Waals surface area contributed by atoms with Gasteiger partial charge in [0.2, 0.25) is 5.16 Å². The molecule has 1 aliphatic carbocycles. The highest BCUT2D eigenvalue weighted by molar-refractivity contribution is 7.99. The van der Waals surface area contributed by atoms with E-state index in [1.165, 1.54) is 12.8 Å². The number of alkyl halides is 1. The molecular formula is C13H15ClN4S. The van der Waals surface area contributed by atoms with Gasteiger partial charge in [-0.05, 0) is 35.4 Å². The minimum Gasteiger partial charge on any atom is -0.188 e. The summed E-state index contributed by atoms with van der Waals surface area (Å²) < 4.78 is 1.78. The largest absolute Gasteiger partial charge is 0.214 e. The van der Waals surface area contributed by atoms with Crippen molar-refractivity contribution in [1.29, 1.82) is 0 Å². The van der Waals surface area contributed by atoms with Crippen LogP contribution in [0.3, 0.4) is 0 Å². The fourth-order valence-corrected chi connectivity index (χ4v) is 3.90. The number of thioether (sulfide) groups is 1. The van der Waals surface area contributed by atoms with E-state index < -0.39 is 0 Å². The van der Waals surface area contributed by atoms with Crippen molar-refractivity contribution in [2.24, 2.45) is 0 Å². The molecule has 1 heterocycles. The maximum Gasteiger partial charge on any atom is 0.214 e. The summed E-state index contributed by atoms with van der Waals surface area (Å²) in [5, 5.41) is 13.4. The Morgan fingerprint density at radius 3 is 2.74 bits per heavy atom. The smallest absolute Gasteiger partial charge is 0.188 e. The molecule has 1 fully saturated rings. The summed E-state index contributed by atoms with van der Waals surface area (Å²) >= 11 is 8.09. The molecule has 1 aliphatic rings. The number of tetrazole rings is 1. The Kier molecular flexibility index (Phi) is 4.03. The predicted molar refractivity (Wildman–Crippen MR) is 76.9 cm³/mol. The van der Waals surface area contributed by atoms with Gasteiger partial charge in [-0.2, -0.15) is 4.68 Å². The van der Waals surface area contributed by atoms with Gasteiger partial charge in [-0.3, -0.25) is 0 Å². The fourth-order valence-electron chi connectivity index (χ4n) is 2.30. The molecule has 1 aromatic heterocycles. The average Bonchev–Trinajstić information content (AvgIpc) is 2.91. The summed E-state index contributed by atoms with van der Waals surface area (Å²) in [5.74, 6) is 0. The van der Waals surface area contributed by atoms with Crippen molar-refractivity contribution in [2.75, 3.05) is 0 Å². The molecule has 1 saturated carbocycles. The van der Waals surface area contributed by atoms with E-state index in [0.29, 0.717) is 5.25 Å². The van der Waals surface area contributed by atoms with Crippen molar-refractivity contribution in [3.63, 3.8) is 0 Å². The molecule has 0 radical (unpaired) electrons. The van der Waals surface area contributed by atoms with Crippen LogP contribution in [0.5, 0.6) is 0 Å². The summed E-state index contributed by atoms with van der Waals surface area (Å²) in [4.78, 5) is 0. The van der Waals surface area contributed by atoms with Gasteiger partial charge in [0.1, 0.15) is 0 Å². The van der Waals surface area contributed by atoms with Crippen LogP contribution in [0.25, 0.3) is 5.69 Å². The van der Waals surface area contributed by atoms with Gasteiger partial charge in [-0.25, -0.2) is 0 Å². The van der Waals surface area contributed by atoms with Gasteiger partial charge in [-0.15, -0.1) is 16.7 Å². The molecule has 0 saturated heterocycles. The Morgan fingerprint density at radius 1 is 1.16 bits per heavy atom. The van der Waals surface area contributed by atoms with Crippen molar-refractivity contribution >= 4 is 23.4 Å². The first-order valence-corrected chi connectivity index (χ1v) is 7.81. The summed E-state index contributed by atoms with van der Waals surface area (Å²) in [6.45, 7) is 0. The maximum absolute atomic E-state index is 6.40. The van der Waals surface area contributed by atoms with Gasteiger partial charge in [0.05, 0.1) is 5.69 Å². The third-order valence-corrected chi connectivity index (χ3v) is 5.32. The SMILES string of the molecule is Cl[C@H]1CCCC[C@H]1Sc1nnnn1-c1ccccc1. The molecule has 1 aromatic carbocycles. The van der Waals surface area contributed by atoms with Crippen LogP contribution in [-0.2, 0) is 0 Å². The molecule has 3 rings (SSSR count). The minimum atomic E-state index is 0.222. The van der Waals surface area contributed by atoms with Crippen LogP contribution in [0.15, 0.2) is 35.5 Å².